The predicted octanol–water partition coefficient (Wildman–Crippen LogP) is 3.65. The molecule has 0 aliphatic carbocycles. The van der Waals surface area contributed by atoms with Crippen LogP contribution >= 0.6 is 35.3 Å². The first kappa shape index (κ1) is 24.1. The first-order valence-electron chi connectivity index (χ1n) is 10.3. The van der Waals surface area contributed by atoms with Gasteiger partial charge in [-0.3, -0.25) is 14.6 Å². The number of guanidine groups is 1. The molecule has 1 aliphatic rings. The Labute approximate surface area is 196 Å². The zero-order chi connectivity index (χ0) is 19.8. The van der Waals surface area contributed by atoms with Crippen LogP contribution < -0.4 is 10.6 Å². The van der Waals surface area contributed by atoms with Crippen molar-refractivity contribution in [2.24, 2.45) is 10.9 Å². The van der Waals surface area contributed by atoms with Gasteiger partial charge in [-0.15, -0.1) is 35.3 Å². The number of hydrogen-bond acceptors (Lipinski definition) is 4. The van der Waals surface area contributed by atoms with Crippen molar-refractivity contribution in [3.8, 4) is 0 Å². The van der Waals surface area contributed by atoms with Crippen LogP contribution in [0.2, 0.25) is 0 Å². The van der Waals surface area contributed by atoms with Gasteiger partial charge in [0.2, 0.25) is 0 Å². The molecule has 29 heavy (non-hydrogen) atoms. The number of aromatic nitrogens is 2. The Morgan fingerprint density at radius 3 is 2.90 bits per heavy atom. The molecule has 1 aliphatic heterocycles. The molecule has 1 unspecified atom stereocenters. The van der Waals surface area contributed by atoms with Gasteiger partial charge in [-0.1, -0.05) is 6.07 Å². The minimum absolute atomic E-state index is 0. The summed E-state index contributed by atoms with van der Waals surface area (Å²) in [6.45, 7) is 10.4. The molecule has 162 valence electrons. The highest BCUT2D eigenvalue weighted by Gasteiger charge is 2.20. The van der Waals surface area contributed by atoms with Gasteiger partial charge in [0.15, 0.2) is 5.96 Å². The Balaban J connectivity index is 0.00000300. The first-order chi connectivity index (χ1) is 13.6. The van der Waals surface area contributed by atoms with Crippen LogP contribution in [0.1, 0.15) is 35.5 Å². The van der Waals surface area contributed by atoms with E-state index >= 15 is 0 Å². The summed E-state index contributed by atoms with van der Waals surface area (Å²) >= 11 is 1.86. The lowest BCUT2D eigenvalue weighted by Crippen LogP contribution is -2.44. The Hall–Kier alpha value is -1.13. The summed E-state index contributed by atoms with van der Waals surface area (Å²) in [6, 6.07) is 6.51. The lowest BCUT2D eigenvalue weighted by atomic mass is 9.98. The molecular weight excluding hydrogens is 495 g/mol. The van der Waals surface area contributed by atoms with Crippen molar-refractivity contribution in [2.45, 2.75) is 46.2 Å². The van der Waals surface area contributed by atoms with Gasteiger partial charge in [0.05, 0.1) is 5.69 Å². The van der Waals surface area contributed by atoms with E-state index in [1.807, 2.05) is 25.3 Å². The van der Waals surface area contributed by atoms with Gasteiger partial charge in [0.25, 0.3) is 0 Å². The molecule has 0 saturated carbocycles. The number of rotatable bonds is 8. The third-order valence-electron chi connectivity index (χ3n) is 5.29. The van der Waals surface area contributed by atoms with Crippen molar-refractivity contribution in [3.05, 3.63) is 39.8 Å². The second-order valence-electron chi connectivity index (χ2n) is 7.71. The predicted molar refractivity (Wildman–Crippen MR) is 133 cm³/mol. The molecule has 1 saturated heterocycles. The molecule has 2 N–H and O–H groups in total. The van der Waals surface area contributed by atoms with E-state index in [0.29, 0.717) is 5.92 Å². The Morgan fingerprint density at radius 1 is 1.34 bits per heavy atom. The largest absolute Gasteiger partial charge is 0.356 e. The fourth-order valence-corrected chi connectivity index (χ4v) is 4.63. The summed E-state index contributed by atoms with van der Waals surface area (Å²) in [5, 5.41) is 13.7. The number of halogens is 1. The van der Waals surface area contributed by atoms with E-state index < -0.39 is 0 Å². The zero-order valence-electron chi connectivity index (χ0n) is 17.9. The second kappa shape index (κ2) is 12.5. The quantitative estimate of drug-likeness (QED) is 0.237. The first-order valence-corrected chi connectivity index (χ1v) is 11.2. The van der Waals surface area contributed by atoms with Crippen LogP contribution in [-0.2, 0) is 13.1 Å². The maximum Gasteiger partial charge on any atom is 0.190 e. The number of aryl methyl sites for hydroxylation is 3. The average Bonchev–Trinajstić information content (AvgIpc) is 3.30. The van der Waals surface area contributed by atoms with Crippen LogP contribution in [0, 0.1) is 19.8 Å². The van der Waals surface area contributed by atoms with Crippen LogP contribution in [0.3, 0.4) is 0 Å². The van der Waals surface area contributed by atoms with Gasteiger partial charge in [-0.2, -0.15) is 5.10 Å². The molecule has 1 fully saturated rings. The number of piperidine rings is 1. The average molecular weight is 531 g/mol. The van der Waals surface area contributed by atoms with Crippen molar-refractivity contribution in [1.29, 1.82) is 0 Å². The van der Waals surface area contributed by atoms with Crippen LogP contribution in [0.4, 0.5) is 0 Å². The van der Waals surface area contributed by atoms with Crippen molar-refractivity contribution < 1.29 is 0 Å². The maximum atomic E-state index is 4.52. The molecule has 2 aromatic rings. The van der Waals surface area contributed by atoms with Gasteiger partial charge in [0.1, 0.15) is 0 Å². The normalized spacial score (nSPS) is 17.8. The lowest BCUT2D eigenvalue weighted by Gasteiger charge is -2.32. The van der Waals surface area contributed by atoms with E-state index in [-0.39, 0.29) is 24.0 Å². The standard InChI is InChI=1S/C21H34N6S.HI/c1-17-13-18(2)27(25-17)11-6-9-23-21(22-3)24-14-19-7-4-10-26(15-19)16-20-8-5-12-28-20;/h5,8,12-13,19H,4,6-7,9-11,14-16H2,1-3H3,(H2,22,23,24);1H. The molecule has 8 heteroatoms. The third-order valence-corrected chi connectivity index (χ3v) is 6.15. The van der Waals surface area contributed by atoms with Crippen LogP contribution in [-0.4, -0.2) is 53.9 Å². The van der Waals surface area contributed by atoms with Crippen molar-refractivity contribution in [3.63, 3.8) is 0 Å². The van der Waals surface area contributed by atoms with Gasteiger partial charge >= 0.3 is 0 Å². The molecule has 0 aromatic carbocycles. The molecule has 0 bridgehead atoms. The minimum atomic E-state index is 0. The molecule has 1 atom stereocenters. The summed E-state index contributed by atoms with van der Waals surface area (Å²) in [7, 11) is 1.85. The van der Waals surface area contributed by atoms with Crippen molar-refractivity contribution >= 4 is 41.3 Å². The molecular formula is C21H35IN6S. The van der Waals surface area contributed by atoms with E-state index in [9.17, 15) is 0 Å². The van der Waals surface area contributed by atoms with E-state index in [1.54, 1.807) is 0 Å². The second-order valence-corrected chi connectivity index (χ2v) is 8.74. The monoisotopic (exact) mass is 530 g/mol. The number of likely N-dealkylation sites (tertiary alicyclic amines) is 1. The van der Waals surface area contributed by atoms with Gasteiger partial charge in [-0.25, -0.2) is 0 Å². The van der Waals surface area contributed by atoms with Crippen molar-refractivity contribution in [1.82, 2.24) is 25.3 Å². The molecule has 6 nitrogen and oxygen atoms in total. The molecule has 0 radical (unpaired) electrons. The van der Waals surface area contributed by atoms with E-state index in [0.717, 1.165) is 44.3 Å². The highest BCUT2D eigenvalue weighted by Crippen LogP contribution is 2.19. The summed E-state index contributed by atoms with van der Waals surface area (Å²) in [4.78, 5) is 8.43. The maximum absolute atomic E-state index is 4.52. The molecule has 3 rings (SSSR count). The Morgan fingerprint density at radius 2 is 2.21 bits per heavy atom. The number of nitrogens with zero attached hydrogens (tertiary/aromatic N) is 4. The highest BCUT2D eigenvalue weighted by molar-refractivity contribution is 14.0. The summed E-state index contributed by atoms with van der Waals surface area (Å²) in [5.74, 6) is 1.59. The summed E-state index contributed by atoms with van der Waals surface area (Å²) in [5.41, 5.74) is 2.31. The highest BCUT2D eigenvalue weighted by atomic mass is 127. The zero-order valence-corrected chi connectivity index (χ0v) is 21.0. The van der Waals surface area contributed by atoms with E-state index in [2.05, 4.69) is 60.8 Å². The molecule has 0 spiro atoms. The fraction of sp³-hybridized carbons (Fsp3) is 0.619. The SMILES string of the molecule is CN=C(NCCCn1nc(C)cc1C)NCC1CCCN(Cc2cccs2)C1.I. The number of aliphatic imine (C=N–C) groups is 1. The Bertz CT molecular complexity index is 742. The van der Waals surface area contributed by atoms with Crippen LogP contribution in [0.25, 0.3) is 0 Å². The molecule has 3 heterocycles. The minimum Gasteiger partial charge on any atom is -0.356 e. The fourth-order valence-electron chi connectivity index (χ4n) is 3.88. The van der Waals surface area contributed by atoms with Gasteiger partial charge < -0.3 is 10.6 Å². The molecule has 2 aromatic heterocycles. The third kappa shape index (κ3) is 7.90. The lowest BCUT2D eigenvalue weighted by molar-refractivity contribution is 0.169. The summed E-state index contributed by atoms with van der Waals surface area (Å²) < 4.78 is 2.08. The van der Waals surface area contributed by atoms with Crippen molar-refractivity contribution in [2.75, 3.05) is 33.2 Å². The van der Waals surface area contributed by atoms with E-state index in [4.69, 9.17) is 0 Å². The summed E-state index contributed by atoms with van der Waals surface area (Å²) in [6.07, 6.45) is 3.61. The van der Waals surface area contributed by atoms with Gasteiger partial charge in [0, 0.05) is 50.3 Å². The number of thiophene rings is 1. The van der Waals surface area contributed by atoms with Crippen LogP contribution in [0.5, 0.6) is 0 Å². The topological polar surface area (TPSA) is 57.5 Å². The number of nitrogens with one attached hydrogen (secondary N) is 2. The Kier molecular flexibility index (Phi) is 10.4. The van der Waals surface area contributed by atoms with Crippen LogP contribution in [0.15, 0.2) is 28.6 Å². The smallest absolute Gasteiger partial charge is 0.190 e. The molecule has 0 amide bonds. The van der Waals surface area contributed by atoms with Gasteiger partial charge in [-0.05, 0) is 63.1 Å². The number of hydrogen-bond donors (Lipinski definition) is 2. The van der Waals surface area contributed by atoms with E-state index in [1.165, 1.54) is 36.5 Å².